The predicted molar refractivity (Wildman–Crippen MR) is 120 cm³/mol. The number of hydrogen-bond donors (Lipinski definition) is 1. The Bertz CT molecular complexity index is 661. The van der Waals surface area contributed by atoms with Gasteiger partial charge in [-0.2, -0.15) is 0 Å². The first kappa shape index (κ1) is 23.0. The number of ketones is 2. The summed E-state index contributed by atoms with van der Waals surface area (Å²) in [6.07, 6.45) is 16.3. The molecule has 0 radical (unpaired) electrons. The van der Waals surface area contributed by atoms with Crippen LogP contribution in [-0.2, 0) is 9.59 Å². The predicted octanol–water partition coefficient (Wildman–Crippen LogP) is 5.50. The molecule has 29 heavy (non-hydrogen) atoms. The first-order valence-corrected chi connectivity index (χ1v) is 11.8. The third-order valence-electron chi connectivity index (χ3n) is 9.44. The highest BCUT2D eigenvalue weighted by molar-refractivity contribution is 5.88. The van der Waals surface area contributed by atoms with E-state index in [-0.39, 0.29) is 29.2 Å². The number of allylic oxidation sites excluding steroid dienone is 2. The van der Waals surface area contributed by atoms with Crippen LogP contribution < -0.4 is 5.73 Å². The Morgan fingerprint density at radius 2 is 1.86 bits per heavy atom. The van der Waals surface area contributed by atoms with E-state index in [1.54, 1.807) is 0 Å². The van der Waals surface area contributed by atoms with Gasteiger partial charge >= 0.3 is 0 Å². The zero-order valence-corrected chi connectivity index (χ0v) is 19.1. The van der Waals surface area contributed by atoms with Gasteiger partial charge in [0.1, 0.15) is 11.6 Å². The smallest absolute Gasteiger partial charge is 0.139 e. The van der Waals surface area contributed by atoms with Gasteiger partial charge in [-0.05, 0) is 93.4 Å². The summed E-state index contributed by atoms with van der Waals surface area (Å²) in [7, 11) is 0. The van der Waals surface area contributed by atoms with Gasteiger partial charge in [0.05, 0.1) is 0 Å². The third-order valence-corrected chi connectivity index (χ3v) is 9.44. The number of halogens is 1. The molecule has 0 bridgehead atoms. The van der Waals surface area contributed by atoms with Gasteiger partial charge in [0.15, 0.2) is 0 Å². The van der Waals surface area contributed by atoms with Crippen LogP contribution in [0.2, 0.25) is 0 Å². The summed E-state index contributed by atoms with van der Waals surface area (Å²) in [6, 6.07) is 0. The van der Waals surface area contributed by atoms with Crippen molar-refractivity contribution in [3.63, 3.8) is 0 Å². The van der Waals surface area contributed by atoms with Gasteiger partial charge < -0.3 is 5.73 Å². The summed E-state index contributed by atoms with van der Waals surface area (Å²) in [5, 5.41) is 0. The van der Waals surface area contributed by atoms with Crippen LogP contribution in [0.3, 0.4) is 0 Å². The molecule has 0 heterocycles. The van der Waals surface area contributed by atoms with E-state index >= 15 is 0 Å². The minimum absolute atomic E-state index is 0. The number of nitrogens with two attached hydrogens (primary N) is 1. The van der Waals surface area contributed by atoms with E-state index in [4.69, 9.17) is 5.73 Å². The molecular weight excluding hydrogens is 382 g/mol. The van der Waals surface area contributed by atoms with Crippen LogP contribution in [-0.4, -0.2) is 18.1 Å². The van der Waals surface area contributed by atoms with Gasteiger partial charge in [0, 0.05) is 24.2 Å². The second-order valence-corrected chi connectivity index (χ2v) is 10.8. The third kappa shape index (κ3) is 3.87. The lowest BCUT2D eigenvalue weighted by Crippen LogP contribution is -2.56. The Kier molecular flexibility index (Phi) is 7.00. The molecule has 164 valence electrons. The quantitative estimate of drug-likeness (QED) is 0.470. The molecule has 0 aromatic carbocycles. The maximum absolute atomic E-state index is 13.3. The Labute approximate surface area is 183 Å². The Hall–Kier alpha value is -0.670. The zero-order chi connectivity index (χ0) is 19.9. The number of hydrogen-bond acceptors (Lipinski definition) is 3. The molecule has 0 aliphatic heterocycles. The number of fused-ring (bicyclic) bond motifs is 5. The van der Waals surface area contributed by atoms with Gasteiger partial charge in [-0.25, -0.2) is 0 Å². The fourth-order valence-electron chi connectivity index (χ4n) is 7.71. The Balaban J connectivity index is 0.00000240. The van der Waals surface area contributed by atoms with Crippen LogP contribution in [0.5, 0.6) is 0 Å². The lowest BCUT2D eigenvalue weighted by Gasteiger charge is -2.59. The molecule has 0 spiro atoms. The van der Waals surface area contributed by atoms with Crippen LogP contribution in [0.25, 0.3) is 0 Å². The molecule has 2 N–H and O–H groups in total. The molecule has 0 aromatic heterocycles. The van der Waals surface area contributed by atoms with E-state index in [1.165, 1.54) is 19.3 Å². The monoisotopic (exact) mass is 421 g/mol. The summed E-state index contributed by atoms with van der Waals surface area (Å²) < 4.78 is 0. The normalized spacial score (nSPS) is 44.2. The minimum Gasteiger partial charge on any atom is -0.330 e. The number of carbonyl (C=O) groups is 2. The lowest BCUT2D eigenvalue weighted by molar-refractivity contribution is -0.157. The van der Waals surface area contributed by atoms with Crippen molar-refractivity contribution in [3.05, 3.63) is 12.2 Å². The van der Waals surface area contributed by atoms with Crippen LogP contribution >= 0.6 is 12.4 Å². The lowest BCUT2D eigenvalue weighted by atomic mass is 9.44. The van der Waals surface area contributed by atoms with Crippen LogP contribution in [0.1, 0.15) is 84.5 Å². The van der Waals surface area contributed by atoms with E-state index in [1.807, 2.05) is 0 Å². The maximum Gasteiger partial charge on any atom is 0.139 e. The van der Waals surface area contributed by atoms with Crippen molar-refractivity contribution in [1.82, 2.24) is 0 Å². The van der Waals surface area contributed by atoms with Crippen LogP contribution in [0.15, 0.2) is 12.2 Å². The molecule has 0 aromatic rings. The second kappa shape index (κ2) is 8.83. The zero-order valence-electron chi connectivity index (χ0n) is 18.3. The van der Waals surface area contributed by atoms with E-state index < -0.39 is 0 Å². The van der Waals surface area contributed by atoms with Gasteiger partial charge in [0.2, 0.25) is 0 Å². The molecule has 4 aliphatic carbocycles. The SMILES string of the molecule is C[C@]12CCC(C=CCCCCN)CC1C(=O)C[C@@H]1[C@H]2CC[C@]2(C)C(=O)CC[C@@H]12.Cl. The maximum atomic E-state index is 13.3. The number of Topliss-reactive ketones (excluding diaryl/α,β-unsaturated/α-hetero) is 2. The van der Waals surface area contributed by atoms with Crippen molar-refractivity contribution in [3.8, 4) is 0 Å². The molecule has 4 fully saturated rings. The first-order valence-electron chi connectivity index (χ1n) is 11.8. The molecule has 3 nitrogen and oxygen atoms in total. The number of carbonyl (C=O) groups excluding carboxylic acids is 2. The molecule has 4 saturated carbocycles. The average molecular weight is 422 g/mol. The van der Waals surface area contributed by atoms with Crippen LogP contribution in [0, 0.1) is 40.4 Å². The highest BCUT2D eigenvalue weighted by atomic mass is 35.5. The summed E-state index contributed by atoms with van der Waals surface area (Å²) in [5.74, 6) is 3.35. The minimum atomic E-state index is -0.131. The molecule has 4 heteroatoms. The van der Waals surface area contributed by atoms with E-state index in [0.29, 0.717) is 35.2 Å². The highest BCUT2D eigenvalue weighted by Gasteiger charge is 2.62. The standard InChI is InChI=1S/C25H39NO2.ClH/c1-24-12-10-17(7-5-3-4-6-14-26)15-21(24)22(27)16-18-19-8-9-23(28)25(19,2)13-11-20(18)24;/h5,7,17-21H,3-4,6,8-16,26H2,1-2H3;1H/t17?,18-,19-,20+,21?,24+,25-;/m0./s1. The fraction of sp³-hybridized carbons (Fsp3) is 0.840. The van der Waals surface area contributed by atoms with Crippen molar-refractivity contribution < 1.29 is 9.59 Å². The van der Waals surface area contributed by atoms with Crippen molar-refractivity contribution >= 4 is 24.0 Å². The summed E-state index contributed by atoms with van der Waals surface area (Å²) in [4.78, 5) is 25.9. The van der Waals surface area contributed by atoms with Gasteiger partial charge in [-0.3, -0.25) is 9.59 Å². The average Bonchev–Trinajstić information content (AvgIpc) is 2.98. The molecule has 0 amide bonds. The van der Waals surface area contributed by atoms with E-state index in [2.05, 4.69) is 26.0 Å². The largest absolute Gasteiger partial charge is 0.330 e. The molecular formula is C25H40ClNO2. The van der Waals surface area contributed by atoms with Crippen molar-refractivity contribution in [2.75, 3.05) is 6.54 Å². The van der Waals surface area contributed by atoms with Gasteiger partial charge in [-0.1, -0.05) is 26.0 Å². The number of rotatable bonds is 5. The van der Waals surface area contributed by atoms with E-state index in [9.17, 15) is 9.59 Å². The first-order chi connectivity index (χ1) is 13.4. The van der Waals surface area contributed by atoms with Gasteiger partial charge in [0.25, 0.3) is 0 Å². The summed E-state index contributed by atoms with van der Waals surface area (Å²) >= 11 is 0. The Morgan fingerprint density at radius 3 is 2.62 bits per heavy atom. The van der Waals surface area contributed by atoms with Crippen molar-refractivity contribution in [1.29, 1.82) is 0 Å². The molecule has 7 atom stereocenters. The molecule has 2 unspecified atom stereocenters. The molecule has 4 rings (SSSR count). The van der Waals surface area contributed by atoms with Crippen molar-refractivity contribution in [2.24, 2.45) is 46.2 Å². The summed E-state index contributed by atoms with van der Waals surface area (Å²) in [5.41, 5.74) is 5.61. The van der Waals surface area contributed by atoms with E-state index in [0.717, 1.165) is 57.9 Å². The summed E-state index contributed by atoms with van der Waals surface area (Å²) in [6.45, 7) is 5.40. The Morgan fingerprint density at radius 1 is 1.07 bits per heavy atom. The topological polar surface area (TPSA) is 60.2 Å². The van der Waals surface area contributed by atoms with Gasteiger partial charge in [-0.15, -0.1) is 12.4 Å². The van der Waals surface area contributed by atoms with Crippen LogP contribution in [0.4, 0.5) is 0 Å². The molecule has 4 aliphatic rings. The number of unbranched alkanes of at least 4 members (excludes halogenated alkanes) is 2. The highest BCUT2D eigenvalue weighted by Crippen LogP contribution is 2.65. The second-order valence-electron chi connectivity index (χ2n) is 10.8. The van der Waals surface area contributed by atoms with Crippen molar-refractivity contribution in [2.45, 2.75) is 84.5 Å². The molecule has 0 saturated heterocycles. The fourth-order valence-corrected chi connectivity index (χ4v) is 7.71.